The Balaban J connectivity index is 2.24. The van der Waals surface area contributed by atoms with Crippen molar-refractivity contribution >= 4 is 22.8 Å². The van der Waals surface area contributed by atoms with Crippen molar-refractivity contribution in [2.45, 2.75) is 0 Å². The molecule has 4 nitrogen and oxygen atoms in total. The van der Waals surface area contributed by atoms with Crippen LogP contribution < -0.4 is 5.73 Å². The summed E-state index contributed by atoms with van der Waals surface area (Å²) in [6.07, 6.45) is 0. The molecule has 0 saturated heterocycles. The summed E-state index contributed by atoms with van der Waals surface area (Å²) in [7, 11) is 0. The van der Waals surface area contributed by atoms with E-state index in [0.717, 1.165) is 0 Å². The highest BCUT2D eigenvalue weighted by Gasteiger charge is 2.32. The number of anilines is 1. The van der Waals surface area contributed by atoms with Crippen LogP contribution in [-0.2, 0) is 0 Å². The van der Waals surface area contributed by atoms with E-state index in [1.807, 2.05) is 0 Å². The number of aliphatic hydroxyl groups excluding tert-OH is 1. The standard InChI is InChI=1S/C16H11NO3/c17-10-5-3-4-9(8-10)13-14(18)11-6-1-2-7-12(11)15(19)16(13)20/h1-8,20H,17H2. The molecular weight excluding hydrogens is 254 g/mol. The number of allylic oxidation sites excluding steroid dienone is 2. The highest BCUT2D eigenvalue weighted by atomic mass is 16.3. The number of aliphatic hydroxyl groups is 1. The van der Waals surface area contributed by atoms with E-state index in [-0.39, 0.29) is 16.9 Å². The molecule has 0 aliphatic heterocycles. The van der Waals surface area contributed by atoms with Gasteiger partial charge in [0.05, 0.1) is 5.57 Å². The minimum absolute atomic E-state index is 0.000926. The number of ketones is 2. The van der Waals surface area contributed by atoms with Crippen molar-refractivity contribution in [1.29, 1.82) is 0 Å². The van der Waals surface area contributed by atoms with Gasteiger partial charge in [-0.1, -0.05) is 36.4 Å². The molecule has 1 aliphatic carbocycles. The Morgan fingerprint density at radius 2 is 1.50 bits per heavy atom. The van der Waals surface area contributed by atoms with Crippen LogP contribution in [0.3, 0.4) is 0 Å². The molecule has 0 saturated carbocycles. The van der Waals surface area contributed by atoms with Gasteiger partial charge in [-0.3, -0.25) is 9.59 Å². The molecule has 2 aromatic carbocycles. The second-order valence-corrected chi connectivity index (χ2v) is 4.55. The summed E-state index contributed by atoms with van der Waals surface area (Å²) in [6.45, 7) is 0. The summed E-state index contributed by atoms with van der Waals surface area (Å²) >= 11 is 0. The molecule has 0 spiro atoms. The lowest BCUT2D eigenvalue weighted by Gasteiger charge is -2.17. The van der Waals surface area contributed by atoms with Crippen LogP contribution in [0.15, 0.2) is 54.3 Å². The fourth-order valence-electron chi connectivity index (χ4n) is 2.32. The Labute approximate surface area is 115 Å². The van der Waals surface area contributed by atoms with Crippen molar-refractivity contribution in [3.8, 4) is 0 Å². The van der Waals surface area contributed by atoms with E-state index in [4.69, 9.17) is 5.73 Å². The first-order valence-corrected chi connectivity index (χ1v) is 6.07. The van der Waals surface area contributed by atoms with Gasteiger partial charge in [0, 0.05) is 16.8 Å². The fourth-order valence-corrected chi connectivity index (χ4v) is 2.32. The lowest BCUT2D eigenvalue weighted by atomic mass is 9.85. The zero-order valence-corrected chi connectivity index (χ0v) is 10.5. The first-order chi connectivity index (χ1) is 9.59. The van der Waals surface area contributed by atoms with E-state index < -0.39 is 11.5 Å². The second kappa shape index (κ2) is 4.35. The molecule has 98 valence electrons. The molecule has 0 aromatic heterocycles. The van der Waals surface area contributed by atoms with Gasteiger partial charge in [0.25, 0.3) is 0 Å². The molecule has 3 N–H and O–H groups in total. The van der Waals surface area contributed by atoms with Crippen LogP contribution in [0.25, 0.3) is 5.57 Å². The predicted molar refractivity (Wildman–Crippen MR) is 75.5 cm³/mol. The van der Waals surface area contributed by atoms with E-state index in [0.29, 0.717) is 16.8 Å². The van der Waals surface area contributed by atoms with Gasteiger partial charge in [-0.05, 0) is 17.7 Å². The maximum absolute atomic E-state index is 12.5. The molecule has 3 rings (SSSR count). The number of Topliss-reactive ketones (excluding diaryl/α,β-unsaturated/α-hetero) is 2. The van der Waals surface area contributed by atoms with Gasteiger partial charge in [-0.15, -0.1) is 0 Å². The van der Waals surface area contributed by atoms with Gasteiger partial charge in [-0.25, -0.2) is 0 Å². The topological polar surface area (TPSA) is 80.4 Å². The number of nitrogens with two attached hydrogens (primary N) is 1. The van der Waals surface area contributed by atoms with Crippen LogP contribution in [0.1, 0.15) is 26.3 Å². The van der Waals surface area contributed by atoms with E-state index in [2.05, 4.69) is 0 Å². The first-order valence-electron chi connectivity index (χ1n) is 6.07. The van der Waals surface area contributed by atoms with Crippen molar-refractivity contribution in [2.75, 3.05) is 5.73 Å². The summed E-state index contributed by atoms with van der Waals surface area (Å²) < 4.78 is 0. The van der Waals surface area contributed by atoms with E-state index in [9.17, 15) is 14.7 Å². The molecular formula is C16H11NO3. The van der Waals surface area contributed by atoms with Crippen molar-refractivity contribution in [3.05, 3.63) is 71.0 Å². The summed E-state index contributed by atoms with van der Waals surface area (Å²) in [5.74, 6) is -1.44. The number of fused-ring (bicyclic) bond motifs is 1. The highest BCUT2D eigenvalue weighted by molar-refractivity contribution is 6.39. The van der Waals surface area contributed by atoms with Gasteiger partial charge in [0.2, 0.25) is 5.78 Å². The van der Waals surface area contributed by atoms with Crippen LogP contribution in [-0.4, -0.2) is 16.7 Å². The van der Waals surface area contributed by atoms with Crippen molar-refractivity contribution < 1.29 is 14.7 Å². The molecule has 0 unspecified atom stereocenters. The Morgan fingerprint density at radius 1 is 0.850 bits per heavy atom. The summed E-state index contributed by atoms with van der Waals surface area (Å²) in [5, 5.41) is 10.1. The zero-order chi connectivity index (χ0) is 14.3. The van der Waals surface area contributed by atoms with Crippen LogP contribution in [0.4, 0.5) is 5.69 Å². The van der Waals surface area contributed by atoms with Gasteiger partial charge in [0.15, 0.2) is 11.5 Å². The normalized spacial score (nSPS) is 14.4. The molecule has 0 heterocycles. The Hall–Kier alpha value is -2.88. The number of benzene rings is 2. The molecule has 20 heavy (non-hydrogen) atoms. The first kappa shape index (κ1) is 12.2. The van der Waals surface area contributed by atoms with E-state index in [1.54, 1.807) is 42.5 Å². The van der Waals surface area contributed by atoms with Crippen LogP contribution >= 0.6 is 0 Å². The van der Waals surface area contributed by atoms with Crippen LogP contribution in [0.2, 0.25) is 0 Å². The third-order valence-corrected chi connectivity index (χ3v) is 3.27. The predicted octanol–water partition coefficient (Wildman–Crippen LogP) is 2.62. The molecule has 0 atom stereocenters. The van der Waals surface area contributed by atoms with Gasteiger partial charge >= 0.3 is 0 Å². The van der Waals surface area contributed by atoms with Gasteiger partial charge in [-0.2, -0.15) is 0 Å². The molecule has 0 fully saturated rings. The van der Waals surface area contributed by atoms with E-state index in [1.165, 1.54) is 6.07 Å². The summed E-state index contributed by atoms with van der Waals surface area (Å²) in [6, 6.07) is 13.0. The smallest absolute Gasteiger partial charge is 0.228 e. The minimum atomic E-state index is -0.544. The largest absolute Gasteiger partial charge is 0.504 e. The number of carbonyl (C=O) groups is 2. The number of nitrogen functional groups attached to an aromatic ring is 1. The summed E-state index contributed by atoms with van der Waals surface area (Å²) in [5.41, 5.74) is 7.11. The van der Waals surface area contributed by atoms with Crippen molar-refractivity contribution in [1.82, 2.24) is 0 Å². The quantitative estimate of drug-likeness (QED) is 0.777. The summed E-state index contributed by atoms with van der Waals surface area (Å²) in [4.78, 5) is 24.6. The van der Waals surface area contributed by atoms with Gasteiger partial charge in [0.1, 0.15) is 0 Å². The SMILES string of the molecule is Nc1cccc(C2=C(O)C(=O)c3ccccc3C2=O)c1. The lowest BCUT2D eigenvalue weighted by molar-refractivity contribution is 0.0947. The molecule has 0 amide bonds. The molecule has 0 radical (unpaired) electrons. The third-order valence-electron chi connectivity index (χ3n) is 3.27. The maximum atomic E-state index is 12.5. The Morgan fingerprint density at radius 3 is 2.15 bits per heavy atom. The van der Waals surface area contributed by atoms with Crippen LogP contribution in [0.5, 0.6) is 0 Å². The average Bonchev–Trinajstić information content (AvgIpc) is 2.45. The average molecular weight is 265 g/mol. The Bertz CT molecular complexity index is 775. The zero-order valence-electron chi connectivity index (χ0n) is 10.5. The number of rotatable bonds is 1. The minimum Gasteiger partial charge on any atom is -0.504 e. The molecule has 2 aromatic rings. The fraction of sp³-hybridized carbons (Fsp3) is 0. The number of carbonyl (C=O) groups excluding carboxylic acids is 2. The third kappa shape index (κ3) is 1.70. The lowest BCUT2D eigenvalue weighted by Crippen LogP contribution is -2.21. The van der Waals surface area contributed by atoms with Crippen LogP contribution in [0, 0.1) is 0 Å². The maximum Gasteiger partial charge on any atom is 0.228 e. The van der Waals surface area contributed by atoms with E-state index >= 15 is 0 Å². The Kier molecular flexibility index (Phi) is 2.64. The number of hydrogen-bond donors (Lipinski definition) is 2. The van der Waals surface area contributed by atoms with Crippen molar-refractivity contribution in [3.63, 3.8) is 0 Å². The highest BCUT2D eigenvalue weighted by Crippen LogP contribution is 2.31. The monoisotopic (exact) mass is 265 g/mol. The number of hydrogen-bond acceptors (Lipinski definition) is 4. The molecule has 4 heteroatoms. The molecule has 0 bridgehead atoms. The second-order valence-electron chi connectivity index (χ2n) is 4.55. The molecule has 1 aliphatic rings. The van der Waals surface area contributed by atoms with Crippen molar-refractivity contribution in [2.24, 2.45) is 0 Å². The van der Waals surface area contributed by atoms with Gasteiger partial charge < -0.3 is 10.8 Å².